The molecule has 6 heteroatoms. The summed E-state index contributed by atoms with van der Waals surface area (Å²) in [6.07, 6.45) is -4.52. The SMILES string of the molecule is CC(C)c1ccc2cccc([C@H](N3CC(C)(C)C(=O)N3)C(F)(F)F)c2c1. The second-order valence-corrected chi connectivity index (χ2v) is 7.88. The molecular formula is C20H23F3N2O. The van der Waals surface area contributed by atoms with Gasteiger partial charge in [0.05, 0.1) is 5.41 Å². The maximum atomic E-state index is 14.0. The molecule has 2 aromatic rings. The number of halogens is 3. The summed E-state index contributed by atoms with van der Waals surface area (Å²) in [5.74, 6) is -0.183. The van der Waals surface area contributed by atoms with E-state index in [9.17, 15) is 18.0 Å². The highest BCUT2D eigenvalue weighted by Gasteiger charge is 2.51. The van der Waals surface area contributed by atoms with Crippen molar-refractivity contribution >= 4 is 16.7 Å². The van der Waals surface area contributed by atoms with Crippen LogP contribution in [0.4, 0.5) is 13.2 Å². The number of carbonyl (C=O) groups is 1. The quantitative estimate of drug-likeness (QED) is 0.837. The Bertz CT molecular complexity index is 843. The molecule has 1 saturated heterocycles. The number of hydrogen-bond acceptors (Lipinski definition) is 2. The Balaban J connectivity index is 2.16. The zero-order valence-electron chi connectivity index (χ0n) is 15.3. The number of rotatable bonds is 3. The fourth-order valence-corrected chi connectivity index (χ4v) is 3.41. The first-order valence-electron chi connectivity index (χ1n) is 8.68. The highest BCUT2D eigenvalue weighted by molar-refractivity contribution is 5.87. The van der Waals surface area contributed by atoms with E-state index in [0.717, 1.165) is 16.0 Å². The van der Waals surface area contributed by atoms with Gasteiger partial charge in [0.25, 0.3) is 0 Å². The van der Waals surface area contributed by atoms with Gasteiger partial charge in [-0.1, -0.05) is 50.2 Å². The first-order chi connectivity index (χ1) is 12.0. The molecule has 1 aliphatic rings. The summed E-state index contributed by atoms with van der Waals surface area (Å²) in [5.41, 5.74) is 2.71. The van der Waals surface area contributed by atoms with E-state index in [-0.39, 0.29) is 18.0 Å². The summed E-state index contributed by atoms with van der Waals surface area (Å²) >= 11 is 0. The van der Waals surface area contributed by atoms with E-state index in [1.54, 1.807) is 19.9 Å². The van der Waals surface area contributed by atoms with E-state index in [2.05, 4.69) is 5.43 Å². The van der Waals surface area contributed by atoms with Crippen molar-refractivity contribution in [1.29, 1.82) is 0 Å². The van der Waals surface area contributed by atoms with Crippen LogP contribution < -0.4 is 5.43 Å². The molecule has 0 aromatic heterocycles. The molecule has 0 radical (unpaired) electrons. The number of hydrogen-bond donors (Lipinski definition) is 1. The third-order valence-corrected chi connectivity index (χ3v) is 4.95. The van der Waals surface area contributed by atoms with E-state index >= 15 is 0 Å². The van der Waals surface area contributed by atoms with Crippen molar-refractivity contribution in [2.24, 2.45) is 5.41 Å². The number of nitrogens with zero attached hydrogens (tertiary/aromatic N) is 1. The van der Waals surface area contributed by atoms with Crippen LogP contribution in [0.5, 0.6) is 0 Å². The van der Waals surface area contributed by atoms with Gasteiger partial charge < -0.3 is 0 Å². The van der Waals surface area contributed by atoms with Crippen LogP contribution in [0.3, 0.4) is 0 Å². The van der Waals surface area contributed by atoms with Crippen molar-refractivity contribution in [1.82, 2.24) is 10.4 Å². The zero-order valence-corrected chi connectivity index (χ0v) is 15.3. The van der Waals surface area contributed by atoms with E-state index in [0.29, 0.717) is 5.39 Å². The topological polar surface area (TPSA) is 32.3 Å². The van der Waals surface area contributed by atoms with Gasteiger partial charge in [0.1, 0.15) is 0 Å². The number of fused-ring (bicyclic) bond motifs is 1. The van der Waals surface area contributed by atoms with Gasteiger partial charge in [-0.15, -0.1) is 0 Å². The molecule has 3 rings (SSSR count). The Morgan fingerprint density at radius 2 is 1.85 bits per heavy atom. The number of amides is 1. The summed E-state index contributed by atoms with van der Waals surface area (Å²) < 4.78 is 42.1. The molecule has 26 heavy (non-hydrogen) atoms. The highest BCUT2D eigenvalue weighted by atomic mass is 19.4. The van der Waals surface area contributed by atoms with Gasteiger partial charge in [-0.25, -0.2) is 5.01 Å². The maximum Gasteiger partial charge on any atom is 0.409 e. The molecule has 1 heterocycles. The molecule has 140 valence electrons. The molecular weight excluding hydrogens is 341 g/mol. The van der Waals surface area contributed by atoms with Crippen LogP contribution in [0.1, 0.15) is 50.8 Å². The second kappa shape index (κ2) is 6.27. The van der Waals surface area contributed by atoms with Gasteiger partial charge >= 0.3 is 6.18 Å². The van der Waals surface area contributed by atoms with Crippen molar-refractivity contribution < 1.29 is 18.0 Å². The molecule has 0 aliphatic carbocycles. The largest absolute Gasteiger partial charge is 0.409 e. The molecule has 1 atom stereocenters. The minimum absolute atomic E-state index is 0.00370. The molecule has 0 unspecified atom stereocenters. The van der Waals surface area contributed by atoms with Gasteiger partial charge in [0.15, 0.2) is 6.04 Å². The fourth-order valence-electron chi connectivity index (χ4n) is 3.41. The standard InChI is InChI=1S/C20H23F3N2O/c1-12(2)14-9-8-13-6-5-7-15(16(13)10-14)17(20(21,22)23)25-11-19(3,4)18(26)24-25/h5-10,12,17H,11H2,1-4H3,(H,24,26)/t17-/m0/s1. The Labute approximate surface area is 151 Å². The van der Waals surface area contributed by atoms with Gasteiger partial charge in [0, 0.05) is 6.54 Å². The molecule has 2 aromatic carbocycles. The molecule has 1 N–H and O–H groups in total. The van der Waals surface area contributed by atoms with Crippen LogP contribution in [-0.4, -0.2) is 23.6 Å². The predicted octanol–water partition coefficient (Wildman–Crippen LogP) is 4.94. The summed E-state index contributed by atoms with van der Waals surface area (Å²) in [6.45, 7) is 7.31. The second-order valence-electron chi connectivity index (χ2n) is 7.88. The Hall–Kier alpha value is -2.08. The lowest BCUT2D eigenvalue weighted by molar-refractivity contribution is -0.191. The van der Waals surface area contributed by atoms with Crippen molar-refractivity contribution in [3.05, 3.63) is 47.5 Å². The number of alkyl halides is 3. The molecule has 3 nitrogen and oxygen atoms in total. The average molecular weight is 364 g/mol. The summed E-state index contributed by atoms with van der Waals surface area (Å²) in [4.78, 5) is 12.1. The lowest BCUT2D eigenvalue weighted by Crippen LogP contribution is -2.43. The number of carbonyl (C=O) groups excluding carboxylic acids is 1. The lowest BCUT2D eigenvalue weighted by Gasteiger charge is -2.30. The molecule has 0 saturated carbocycles. The van der Waals surface area contributed by atoms with E-state index < -0.39 is 23.5 Å². The first-order valence-corrected chi connectivity index (χ1v) is 8.68. The number of hydrazine groups is 1. The smallest absolute Gasteiger partial charge is 0.287 e. The van der Waals surface area contributed by atoms with Crippen LogP contribution in [-0.2, 0) is 4.79 Å². The van der Waals surface area contributed by atoms with E-state index in [4.69, 9.17) is 0 Å². The third-order valence-electron chi connectivity index (χ3n) is 4.95. The van der Waals surface area contributed by atoms with Crippen LogP contribution in [0.15, 0.2) is 36.4 Å². The summed E-state index contributed by atoms with van der Waals surface area (Å²) in [7, 11) is 0. The van der Waals surface area contributed by atoms with E-state index in [1.165, 1.54) is 6.07 Å². The molecule has 1 fully saturated rings. The molecule has 0 bridgehead atoms. The van der Waals surface area contributed by atoms with Crippen LogP contribution >= 0.6 is 0 Å². The van der Waals surface area contributed by atoms with Gasteiger partial charge in [0.2, 0.25) is 5.91 Å². The Morgan fingerprint density at radius 1 is 1.15 bits per heavy atom. The monoisotopic (exact) mass is 364 g/mol. The predicted molar refractivity (Wildman–Crippen MR) is 95.5 cm³/mol. The van der Waals surface area contributed by atoms with Crippen LogP contribution in [0, 0.1) is 5.41 Å². The normalized spacial score (nSPS) is 19.2. The van der Waals surface area contributed by atoms with Gasteiger partial charge in [-0.3, -0.25) is 10.2 Å². The molecule has 1 amide bonds. The van der Waals surface area contributed by atoms with Crippen molar-refractivity contribution in [2.75, 3.05) is 6.54 Å². The van der Waals surface area contributed by atoms with Crippen molar-refractivity contribution in [3.63, 3.8) is 0 Å². The van der Waals surface area contributed by atoms with Crippen LogP contribution in [0.2, 0.25) is 0 Å². The zero-order chi connectivity index (χ0) is 19.3. The highest BCUT2D eigenvalue weighted by Crippen LogP contribution is 2.43. The third kappa shape index (κ3) is 3.30. The molecule has 0 spiro atoms. The minimum Gasteiger partial charge on any atom is -0.287 e. The Kier molecular flexibility index (Phi) is 4.51. The minimum atomic E-state index is -4.52. The van der Waals surface area contributed by atoms with Crippen molar-refractivity contribution in [2.45, 2.75) is 45.8 Å². The van der Waals surface area contributed by atoms with Crippen molar-refractivity contribution in [3.8, 4) is 0 Å². The van der Waals surface area contributed by atoms with Gasteiger partial charge in [-0.05, 0) is 41.7 Å². The molecule has 1 aliphatic heterocycles. The van der Waals surface area contributed by atoms with Gasteiger partial charge in [-0.2, -0.15) is 13.2 Å². The Morgan fingerprint density at radius 3 is 2.38 bits per heavy atom. The maximum absolute atomic E-state index is 14.0. The fraction of sp³-hybridized carbons (Fsp3) is 0.450. The summed E-state index contributed by atoms with van der Waals surface area (Å²) in [6, 6.07) is 8.68. The lowest BCUT2D eigenvalue weighted by atomic mass is 9.92. The summed E-state index contributed by atoms with van der Waals surface area (Å²) in [5, 5.41) is 2.35. The first kappa shape index (κ1) is 18.7. The van der Waals surface area contributed by atoms with Crippen LogP contribution in [0.25, 0.3) is 10.8 Å². The number of nitrogens with one attached hydrogen (secondary N) is 1. The van der Waals surface area contributed by atoms with E-state index in [1.807, 2.05) is 38.1 Å². The average Bonchev–Trinajstić information content (AvgIpc) is 2.78. The number of benzene rings is 2.